The minimum absolute atomic E-state index is 0.143. The van der Waals surface area contributed by atoms with E-state index in [9.17, 15) is 24.9 Å². The molecule has 208 valence electrons. The molecule has 7 heteroatoms. The lowest BCUT2D eigenvalue weighted by atomic mass is 9.67. The van der Waals surface area contributed by atoms with Crippen LogP contribution in [0.15, 0.2) is 64.1 Å². The Morgan fingerprint density at radius 3 is 2.51 bits per heavy atom. The zero-order valence-electron chi connectivity index (χ0n) is 22.6. The van der Waals surface area contributed by atoms with Crippen LogP contribution in [-0.2, 0) is 9.59 Å². The first-order chi connectivity index (χ1) is 18.8. The highest BCUT2D eigenvalue weighted by molar-refractivity contribution is 9.10. The van der Waals surface area contributed by atoms with Crippen LogP contribution >= 0.6 is 15.9 Å². The Labute approximate surface area is 239 Å². The van der Waals surface area contributed by atoms with Gasteiger partial charge in [-0.2, -0.15) is 0 Å². The molecular formula is C32H38BrNO5. The molecule has 0 spiro atoms. The van der Waals surface area contributed by atoms with E-state index in [0.29, 0.717) is 44.2 Å². The largest absolute Gasteiger partial charge is 0.507 e. The third kappa shape index (κ3) is 6.21. The second-order valence-electron chi connectivity index (χ2n) is 10.6. The molecule has 0 aromatic heterocycles. The lowest BCUT2D eigenvalue weighted by Crippen LogP contribution is -2.39. The van der Waals surface area contributed by atoms with Crippen molar-refractivity contribution >= 4 is 39.4 Å². The molecule has 0 radical (unpaired) electrons. The van der Waals surface area contributed by atoms with Gasteiger partial charge in [0, 0.05) is 22.5 Å². The first kappa shape index (κ1) is 29.2. The van der Waals surface area contributed by atoms with Crippen molar-refractivity contribution in [2.45, 2.75) is 58.5 Å². The van der Waals surface area contributed by atoms with Crippen molar-refractivity contribution in [1.29, 1.82) is 0 Å². The van der Waals surface area contributed by atoms with E-state index in [1.54, 1.807) is 12.1 Å². The van der Waals surface area contributed by atoms with Gasteiger partial charge in [-0.25, -0.2) is 0 Å². The number of phenolic OH excluding ortho intramolecular Hbond substituents is 1. The van der Waals surface area contributed by atoms with Crippen molar-refractivity contribution < 1.29 is 24.9 Å². The zero-order chi connectivity index (χ0) is 28.1. The monoisotopic (exact) mass is 595 g/mol. The number of likely N-dealkylation sites (tertiary alicyclic amines) is 1. The van der Waals surface area contributed by atoms with Gasteiger partial charge in [0.05, 0.1) is 24.5 Å². The van der Waals surface area contributed by atoms with Gasteiger partial charge >= 0.3 is 0 Å². The quantitative estimate of drug-likeness (QED) is 0.169. The Morgan fingerprint density at radius 1 is 1.10 bits per heavy atom. The van der Waals surface area contributed by atoms with Crippen molar-refractivity contribution in [2.75, 3.05) is 13.2 Å². The topological polar surface area (TPSA) is 98.1 Å². The highest BCUT2D eigenvalue weighted by Gasteiger charge is 2.54. The van der Waals surface area contributed by atoms with E-state index in [1.165, 1.54) is 4.90 Å². The molecular weight excluding hydrogens is 558 g/mol. The highest BCUT2D eigenvalue weighted by atomic mass is 79.9. The molecule has 2 aliphatic rings. The maximum atomic E-state index is 13.3. The summed E-state index contributed by atoms with van der Waals surface area (Å²) in [6.07, 6.45) is 4.68. The first-order valence-corrected chi connectivity index (χ1v) is 14.7. The number of hydrogen-bond acceptors (Lipinski definition) is 5. The number of aliphatic hydroxyl groups is 2. The van der Waals surface area contributed by atoms with Crippen LogP contribution in [0.25, 0.3) is 11.6 Å². The standard InChI is InChI=1S/C32H38BrNO5/c1-3-8-22-18-25-30(32(39)34(15-4-2)31(25)38)26(19-35)29(22)28(37)13-11-21(20-9-6-5-7-10-20)16-23-17-24(33)12-14-27(23)36/h5-7,9-10,12,14,16-17,25-26,28,30,35-37H,3-4,8,11,13,15,18-19H2,1-2H3/b21-16-/t25-,26+,28-,30-/m1/s1. The number of amides is 2. The number of hydrogen-bond donors (Lipinski definition) is 3. The molecule has 3 N–H and O–H groups in total. The van der Waals surface area contributed by atoms with Gasteiger partial charge in [-0.15, -0.1) is 0 Å². The molecule has 4 rings (SSSR count). The number of aromatic hydroxyl groups is 1. The molecule has 1 saturated heterocycles. The first-order valence-electron chi connectivity index (χ1n) is 13.9. The highest BCUT2D eigenvalue weighted by Crippen LogP contribution is 2.47. The van der Waals surface area contributed by atoms with Crippen molar-refractivity contribution in [3.05, 3.63) is 75.3 Å². The number of nitrogens with zero attached hydrogens (tertiary/aromatic N) is 1. The molecule has 6 nitrogen and oxygen atoms in total. The van der Waals surface area contributed by atoms with Crippen molar-refractivity contribution in [3.8, 4) is 5.75 Å². The van der Waals surface area contributed by atoms with Gasteiger partial charge in [0.2, 0.25) is 11.8 Å². The Balaban J connectivity index is 1.65. The second kappa shape index (κ2) is 13.1. The number of aliphatic hydroxyl groups excluding tert-OH is 2. The van der Waals surface area contributed by atoms with Crippen LogP contribution in [0.3, 0.4) is 0 Å². The predicted molar refractivity (Wildman–Crippen MR) is 156 cm³/mol. The summed E-state index contributed by atoms with van der Waals surface area (Å²) in [6, 6.07) is 15.1. The number of phenols is 1. The second-order valence-corrected chi connectivity index (χ2v) is 11.5. The fourth-order valence-electron chi connectivity index (χ4n) is 6.24. The summed E-state index contributed by atoms with van der Waals surface area (Å²) in [4.78, 5) is 27.8. The zero-order valence-corrected chi connectivity index (χ0v) is 24.2. The number of carbonyl (C=O) groups excluding carboxylic acids is 2. The maximum Gasteiger partial charge on any atom is 0.233 e. The summed E-state index contributed by atoms with van der Waals surface area (Å²) in [6.45, 7) is 4.10. The molecule has 0 unspecified atom stereocenters. The number of benzene rings is 2. The molecule has 1 aliphatic heterocycles. The lowest BCUT2D eigenvalue weighted by Gasteiger charge is -2.36. The van der Waals surface area contributed by atoms with Gasteiger partial charge in [-0.3, -0.25) is 14.5 Å². The SMILES string of the molecule is CCCC1=C([C@H](O)CC/C(=C/c2cc(Br)ccc2O)c2ccccc2)[C@H](CO)[C@@H]2C(=O)N(CCC)C(=O)[C@@H]2C1. The van der Waals surface area contributed by atoms with Crippen LogP contribution < -0.4 is 0 Å². The van der Waals surface area contributed by atoms with E-state index in [0.717, 1.165) is 33.2 Å². The summed E-state index contributed by atoms with van der Waals surface area (Å²) >= 11 is 3.47. The molecule has 1 aliphatic carbocycles. The third-order valence-electron chi connectivity index (χ3n) is 7.98. The molecule has 2 aromatic rings. The van der Waals surface area contributed by atoms with Crippen LogP contribution in [0.1, 0.15) is 63.5 Å². The minimum atomic E-state index is -0.865. The molecule has 4 atom stereocenters. The fourth-order valence-corrected chi connectivity index (χ4v) is 6.61. The van der Waals surface area contributed by atoms with Gasteiger partial charge in [0.25, 0.3) is 0 Å². The third-order valence-corrected chi connectivity index (χ3v) is 8.47. The van der Waals surface area contributed by atoms with Gasteiger partial charge in [0.1, 0.15) is 5.75 Å². The van der Waals surface area contributed by atoms with Crippen LogP contribution in [0.5, 0.6) is 5.75 Å². The molecule has 1 fully saturated rings. The number of fused-ring (bicyclic) bond motifs is 1. The summed E-state index contributed by atoms with van der Waals surface area (Å²) in [7, 11) is 0. The summed E-state index contributed by atoms with van der Waals surface area (Å²) in [5.41, 5.74) is 4.35. The normalized spacial score (nSPS) is 22.4. The molecule has 1 heterocycles. The van der Waals surface area contributed by atoms with E-state index in [2.05, 4.69) is 22.9 Å². The van der Waals surface area contributed by atoms with E-state index >= 15 is 0 Å². The smallest absolute Gasteiger partial charge is 0.233 e. The van der Waals surface area contributed by atoms with Gasteiger partial charge in [-0.1, -0.05) is 72.1 Å². The molecule has 0 saturated carbocycles. The molecule has 0 bridgehead atoms. The van der Waals surface area contributed by atoms with Gasteiger partial charge in [0.15, 0.2) is 0 Å². The predicted octanol–water partition coefficient (Wildman–Crippen LogP) is 5.96. The van der Waals surface area contributed by atoms with Crippen molar-refractivity contribution in [2.24, 2.45) is 17.8 Å². The Hall–Kier alpha value is -2.74. The average molecular weight is 597 g/mol. The number of imide groups is 1. The Morgan fingerprint density at radius 2 is 1.85 bits per heavy atom. The van der Waals surface area contributed by atoms with Crippen molar-refractivity contribution in [1.82, 2.24) is 4.90 Å². The lowest BCUT2D eigenvalue weighted by molar-refractivity contribution is -0.140. The Kier molecular flexibility index (Phi) is 9.81. The molecule has 2 amide bonds. The van der Waals surface area contributed by atoms with Crippen molar-refractivity contribution in [3.63, 3.8) is 0 Å². The number of halogens is 1. The number of rotatable bonds is 11. The summed E-state index contributed by atoms with van der Waals surface area (Å²) in [5.74, 6) is -1.85. The summed E-state index contributed by atoms with van der Waals surface area (Å²) in [5, 5.41) is 32.6. The van der Waals surface area contributed by atoms with E-state index in [4.69, 9.17) is 0 Å². The van der Waals surface area contributed by atoms with Crippen LogP contribution in [0.2, 0.25) is 0 Å². The molecule has 2 aromatic carbocycles. The van der Waals surface area contributed by atoms with E-state index in [1.807, 2.05) is 49.4 Å². The number of allylic oxidation sites excluding steroid dienone is 2. The number of carbonyl (C=O) groups is 2. The Bertz CT molecular complexity index is 1250. The van der Waals surface area contributed by atoms with Crippen LogP contribution in [-0.4, -0.2) is 51.3 Å². The average Bonchev–Trinajstić information content (AvgIpc) is 3.17. The van der Waals surface area contributed by atoms with Crippen LogP contribution in [0.4, 0.5) is 0 Å². The summed E-state index contributed by atoms with van der Waals surface area (Å²) < 4.78 is 0.851. The van der Waals surface area contributed by atoms with Gasteiger partial charge < -0.3 is 15.3 Å². The van der Waals surface area contributed by atoms with Gasteiger partial charge in [-0.05, 0) is 73.1 Å². The minimum Gasteiger partial charge on any atom is -0.507 e. The van der Waals surface area contributed by atoms with E-state index < -0.39 is 23.9 Å². The van der Waals surface area contributed by atoms with E-state index in [-0.39, 0.29) is 24.2 Å². The fraction of sp³-hybridized carbons (Fsp3) is 0.438. The maximum absolute atomic E-state index is 13.3. The molecule has 39 heavy (non-hydrogen) atoms. The van der Waals surface area contributed by atoms with Crippen LogP contribution in [0, 0.1) is 17.8 Å².